The Balaban J connectivity index is 1.52. The summed E-state index contributed by atoms with van der Waals surface area (Å²) in [6.07, 6.45) is 4.69. The van der Waals surface area contributed by atoms with Gasteiger partial charge >= 0.3 is 0 Å². The number of fused-ring (bicyclic) bond motifs is 1. The molecule has 0 spiro atoms. The van der Waals surface area contributed by atoms with Gasteiger partial charge in [0.25, 0.3) is 0 Å². The molecule has 0 radical (unpaired) electrons. The molecule has 30 heavy (non-hydrogen) atoms. The molecule has 0 unspecified atom stereocenters. The van der Waals surface area contributed by atoms with Crippen molar-refractivity contribution in [2.45, 2.75) is 32.1 Å². The number of carbonyl (C=O) groups is 1. The van der Waals surface area contributed by atoms with E-state index in [0.717, 1.165) is 73.1 Å². The van der Waals surface area contributed by atoms with Crippen molar-refractivity contribution in [1.82, 2.24) is 24.6 Å². The molecule has 8 nitrogen and oxygen atoms in total. The molecule has 5 rings (SSSR count). The first kappa shape index (κ1) is 18.8. The maximum atomic E-state index is 12.0. The number of aromatic nitrogens is 4. The number of rotatable bonds is 5. The summed E-state index contributed by atoms with van der Waals surface area (Å²) in [4.78, 5) is 26.1. The van der Waals surface area contributed by atoms with Crippen LogP contribution in [0.25, 0.3) is 16.7 Å². The van der Waals surface area contributed by atoms with E-state index < -0.39 is 0 Å². The van der Waals surface area contributed by atoms with E-state index in [2.05, 4.69) is 10.00 Å². The first-order valence-corrected chi connectivity index (χ1v) is 10.6. The Morgan fingerprint density at radius 3 is 2.47 bits per heavy atom. The summed E-state index contributed by atoms with van der Waals surface area (Å²) in [5.74, 6) is 3.30. The molecule has 3 heterocycles. The smallest absolute Gasteiger partial charge is 0.222 e. The van der Waals surface area contributed by atoms with Gasteiger partial charge in [-0.2, -0.15) is 5.10 Å². The minimum absolute atomic E-state index is 0.216. The largest absolute Gasteiger partial charge is 0.497 e. The van der Waals surface area contributed by atoms with Crippen molar-refractivity contribution >= 4 is 22.8 Å². The van der Waals surface area contributed by atoms with Crippen molar-refractivity contribution in [2.75, 3.05) is 38.2 Å². The van der Waals surface area contributed by atoms with Crippen molar-refractivity contribution < 1.29 is 9.53 Å². The Kier molecular flexibility index (Phi) is 4.77. The van der Waals surface area contributed by atoms with Crippen molar-refractivity contribution in [3.63, 3.8) is 0 Å². The number of piperazine rings is 1. The Labute approximate surface area is 175 Å². The summed E-state index contributed by atoms with van der Waals surface area (Å²) >= 11 is 0. The predicted octanol–water partition coefficient (Wildman–Crippen LogP) is 2.76. The molecule has 156 valence electrons. The lowest BCUT2D eigenvalue weighted by Gasteiger charge is -2.35. The molecule has 2 aliphatic rings. The van der Waals surface area contributed by atoms with Crippen LogP contribution in [0.5, 0.6) is 5.75 Å². The molecular formula is C22H26N6O2. The monoisotopic (exact) mass is 406 g/mol. The third kappa shape index (κ3) is 3.36. The number of hydrogen-bond acceptors (Lipinski definition) is 6. The lowest BCUT2D eigenvalue weighted by molar-refractivity contribution is -0.131. The zero-order chi connectivity index (χ0) is 20.7. The fraction of sp³-hybridized carbons (Fsp3) is 0.455. The van der Waals surface area contributed by atoms with E-state index in [9.17, 15) is 4.79 Å². The van der Waals surface area contributed by atoms with Gasteiger partial charge in [0.2, 0.25) is 5.91 Å². The van der Waals surface area contributed by atoms with Crippen LogP contribution in [0.3, 0.4) is 0 Å². The average molecular weight is 406 g/mol. The van der Waals surface area contributed by atoms with E-state index in [0.29, 0.717) is 12.3 Å². The van der Waals surface area contributed by atoms with Crippen molar-refractivity contribution in [1.29, 1.82) is 0 Å². The molecule has 0 atom stereocenters. The molecule has 1 saturated heterocycles. The molecular weight excluding hydrogens is 380 g/mol. The summed E-state index contributed by atoms with van der Waals surface area (Å²) in [7, 11) is 1.66. The van der Waals surface area contributed by atoms with Gasteiger partial charge in [0.05, 0.1) is 24.4 Å². The quantitative estimate of drug-likeness (QED) is 0.649. The van der Waals surface area contributed by atoms with Crippen LogP contribution in [-0.4, -0.2) is 63.8 Å². The van der Waals surface area contributed by atoms with E-state index in [1.807, 2.05) is 47.0 Å². The molecule has 1 saturated carbocycles. The number of anilines is 1. The van der Waals surface area contributed by atoms with Gasteiger partial charge in [-0.3, -0.25) is 4.79 Å². The highest BCUT2D eigenvalue weighted by Gasteiger charge is 2.30. The maximum absolute atomic E-state index is 12.0. The van der Waals surface area contributed by atoms with Crippen LogP contribution in [0, 0.1) is 0 Å². The highest BCUT2D eigenvalue weighted by molar-refractivity contribution is 5.88. The van der Waals surface area contributed by atoms with Crippen molar-refractivity contribution in [3.05, 3.63) is 36.3 Å². The number of nitrogens with zero attached hydrogens (tertiary/aromatic N) is 6. The van der Waals surface area contributed by atoms with Gasteiger partial charge in [0.1, 0.15) is 17.4 Å². The minimum Gasteiger partial charge on any atom is -0.497 e. The van der Waals surface area contributed by atoms with Gasteiger partial charge < -0.3 is 14.5 Å². The van der Waals surface area contributed by atoms with E-state index in [1.165, 1.54) is 0 Å². The van der Waals surface area contributed by atoms with Crippen molar-refractivity contribution in [2.24, 2.45) is 0 Å². The van der Waals surface area contributed by atoms with Gasteiger partial charge in [-0.1, -0.05) is 6.92 Å². The number of carbonyl (C=O) groups excluding carboxylic acids is 1. The molecule has 1 amide bonds. The van der Waals surface area contributed by atoms with Gasteiger partial charge in [-0.25, -0.2) is 14.6 Å². The molecule has 2 fully saturated rings. The SMILES string of the molecule is CCC(=O)N1CCN(c2nc(C3CC3)nc3c2cnn3-c2ccc(OC)cc2)CC1. The highest BCUT2D eigenvalue weighted by Crippen LogP contribution is 2.40. The number of ether oxygens (including phenoxy) is 1. The molecule has 1 aromatic carbocycles. The second-order valence-corrected chi connectivity index (χ2v) is 7.89. The molecule has 0 N–H and O–H groups in total. The summed E-state index contributed by atoms with van der Waals surface area (Å²) in [6.45, 7) is 4.91. The van der Waals surface area contributed by atoms with Crippen LogP contribution in [0.15, 0.2) is 30.5 Å². The second kappa shape index (κ2) is 7.59. The zero-order valence-corrected chi connectivity index (χ0v) is 17.4. The summed E-state index contributed by atoms with van der Waals surface area (Å²) in [6, 6.07) is 7.82. The topological polar surface area (TPSA) is 76.4 Å². The Bertz CT molecular complexity index is 1070. The molecule has 8 heteroatoms. The van der Waals surface area contributed by atoms with Crippen LogP contribution in [0.1, 0.15) is 37.9 Å². The van der Waals surface area contributed by atoms with Gasteiger partial charge in [-0.15, -0.1) is 0 Å². The fourth-order valence-corrected chi connectivity index (χ4v) is 3.98. The minimum atomic E-state index is 0.216. The van der Waals surface area contributed by atoms with E-state index in [-0.39, 0.29) is 5.91 Å². The standard InChI is InChI=1S/C22H26N6O2/c1-3-19(29)26-10-12-27(13-11-26)21-18-14-23-28(16-6-8-17(30-2)9-7-16)22(18)25-20(24-21)15-4-5-15/h6-9,14-15H,3-5,10-13H2,1-2H3. The predicted molar refractivity (Wildman–Crippen MR) is 114 cm³/mol. The van der Waals surface area contributed by atoms with Crippen LogP contribution in [-0.2, 0) is 4.79 Å². The molecule has 0 bridgehead atoms. The molecule has 2 aromatic heterocycles. The van der Waals surface area contributed by atoms with Gasteiger partial charge in [-0.05, 0) is 37.1 Å². The number of benzene rings is 1. The lowest BCUT2D eigenvalue weighted by atomic mass is 10.2. The van der Waals surface area contributed by atoms with Crippen LogP contribution < -0.4 is 9.64 Å². The molecule has 1 aliphatic heterocycles. The zero-order valence-electron chi connectivity index (χ0n) is 17.4. The van der Waals surface area contributed by atoms with Crippen molar-refractivity contribution in [3.8, 4) is 11.4 Å². The average Bonchev–Trinajstić information content (AvgIpc) is 3.57. The van der Waals surface area contributed by atoms with Crippen LogP contribution in [0.2, 0.25) is 0 Å². The van der Waals surface area contributed by atoms with E-state index in [1.54, 1.807) is 7.11 Å². The summed E-state index contributed by atoms with van der Waals surface area (Å²) < 4.78 is 7.15. The first-order chi connectivity index (χ1) is 14.7. The van der Waals surface area contributed by atoms with Crippen LogP contribution >= 0.6 is 0 Å². The number of amides is 1. The molecule has 3 aromatic rings. The maximum Gasteiger partial charge on any atom is 0.222 e. The Hall–Kier alpha value is -3.16. The fourth-order valence-electron chi connectivity index (χ4n) is 3.98. The third-order valence-corrected chi connectivity index (χ3v) is 5.92. The third-order valence-electron chi connectivity index (χ3n) is 5.92. The second-order valence-electron chi connectivity index (χ2n) is 7.89. The lowest BCUT2D eigenvalue weighted by Crippen LogP contribution is -2.49. The summed E-state index contributed by atoms with van der Waals surface area (Å²) in [5.41, 5.74) is 1.77. The van der Waals surface area contributed by atoms with Gasteiger partial charge in [0, 0.05) is 38.5 Å². The molecule has 1 aliphatic carbocycles. The van der Waals surface area contributed by atoms with E-state index in [4.69, 9.17) is 14.7 Å². The Morgan fingerprint density at radius 2 is 1.83 bits per heavy atom. The Morgan fingerprint density at radius 1 is 1.10 bits per heavy atom. The normalized spacial score (nSPS) is 16.9. The van der Waals surface area contributed by atoms with Gasteiger partial charge in [0.15, 0.2) is 5.65 Å². The van der Waals surface area contributed by atoms with Crippen LogP contribution in [0.4, 0.5) is 5.82 Å². The highest BCUT2D eigenvalue weighted by atomic mass is 16.5. The summed E-state index contributed by atoms with van der Waals surface area (Å²) in [5, 5.41) is 5.59. The van der Waals surface area contributed by atoms with E-state index >= 15 is 0 Å². The first-order valence-electron chi connectivity index (χ1n) is 10.6. The number of hydrogen-bond donors (Lipinski definition) is 0. The number of methoxy groups -OCH3 is 1.